The average molecular weight is 330 g/mol. The molecule has 24 heavy (non-hydrogen) atoms. The van der Waals surface area contributed by atoms with Crippen molar-refractivity contribution in [1.29, 1.82) is 0 Å². The largest absolute Gasteiger partial charge is 0.497 e. The van der Waals surface area contributed by atoms with Gasteiger partial charge >= 0.3 is 0 Å². The van der Waals surface area contributed by atoms with Gasteiger partial charge in [-0.15, -0.1) is 10.2 Å². The van der Waals surface area contributed by atoms with Gasteiger partial charge in [-0.25, -0.2) is 0 Å². The summed E-state index contributed by atoms with van der Waals surface area (Å²) in [6.45, 7) is 5.99. The van der Waals surface area contributed by atoms with E-state index in [2.05, 4.69) is 33.9 Å². The van der Waals surface area contributed by atoms with Gasteiger partial charge in [0.15, 0.2) is 5.82 Å². The number of ether oxygens (including phenoxy) is 2. The highest BCUT2D eigenvalue weighted by atomic mass is 16.5. The molecule has 0 aliphatic carbocycles. The second kappa shape index (κ2) is 6.81. The quantitative estimate of drug-likeness (QED) is 0.882. The van der Waals surface area contributed by atoms with E-state index >= 15 is 0 Å². The SMILES string of the molecule is COc1ccc(CNC(C)(C)c2nnc3n2CCCC3)c(OC)c1. The highest BCUT2D eigenvalue weighted by Crippen LogP contribution is 2.27. The molecule has 0 saturated heterocycles. The lowest BCUT2D eigenvalue weighted by molar-refractivity contribution is 0.344. The number of rotatable bonds is 6. The molecule has 1 aromatic carbocycles. The summed E-state index contributed by atoms with van der Waals surface area (Å²) in [6, 6.07) is 5.88. The molecular weight excluding hydrogens is 304 g/mol. The predicted octanol–water partition coefficient (Wildman–Crippen LogP) is 2.66. The molecule has 1 aliphatic heterocycles. The molecule has 0 saturated carbocycles. The van der Waals surface area contributed by atoms with E-state index in [-0.39, 0.29) is 5.54 Å². The Hall–Kier alpha value is -2.08. The lowest BCUT2D eigenvalue weighted by Crippen LogP contribution is -2.39. The molecule has 6 nitrogen and oxygen atoms in total. The molecule has 1 aromatic heterocycles. The summed E-state index contributed by atoms with van der Waals surface area (Å²) in [4.78, 5) is 0. The first-order valence-corrected chi connectivity index (χ1v) is 8.43. The molecule has 2 aromatic rings. The number of methoxy groups -OCH3 is 2. The van der Waals surface area contributed by atoms with Crippen LogP contribution < -0.4 is 14.8 Å². The number of benzene rings is 1. The Morgan fingerprint density at radius 1 is 1.17 bits per heavy atom. The second-order valence-electron chi connectivity index (χ2n) is 6.70. The number of nitrogens with one attached hydrogen (secondary N) is 1. The summed E-state index contributed by atoms with van der Waals surface area (Å²) in [5, 5.41) is 12.4. The summed E-state index contributed by atoms with van der Waals surface area (Å²) >= 11 is 0. The van der Waals surface area contributed by atoms with E-state index in [1.165, 1.54) is 12.8 Å². The van der Waals surface area contributed by atoms with E-state index in [4.69, 9.17) is 9.47 Å². The van der Waals surface area contributed by atoms with Gasteiger partial charge in [0.25, 0.3) is 0 Å². The maximum Gasteiger partial charge on any atom is 0.152 e. The van der Waals surface area contributed by atoms with Crippen molar-refractivity contribution in [2.45, 2.75) is 51.7 Å². The topological polar surface area (TPSA) is 61.2 Å². The van der Waals surface area contributed by atoms with Crippen LogP contribution >= 0.6 is 0 Å². The Morgan fingerprint density at radius 3 is 2.75 bits per heavy atom. The van der Waals surface area contributed by atoms with Crippen molar-refractivity contribution in [2.24, 2.45) is 0 Å². The van der Waals surface area contributed by atoms with Gasteiger partial charge < -0.3 is 19.4 Å². The van der Waals surface area contributed by atoms with Gasteiger partial charge in [0.1, 0.15) is 17.3 Å². The lowest BCUT2D eigenvalue weighted by atomic mass is 10.0. The third-order valence-corrected chi connectivity index (χ3v) is 4.63. The van der Waals surface area contributed by atoms with Crippen molar-refractivity contribution >= 4 is 0 Å². The summed E-state index contributed by atoms with van der Waals surface area (Å²) < 4.78 is 13.0. The number of fused-ring (bicyclic) bond motifs is 1. The van der Waals surface area contributed by atoms with E-state index < -0.39 is 0 Å². The molecule has 0 atom stereocenters. The summed E-state index contributed by atoms with van der Waals surface area (Å²) in [5.74, 6) is 3.72. The van der Waals surface area contributed by atoms with Crippen LogP contribution in [-0.4, -0.2) is 29.0 Å². The third-order valence-electron chi connectivity index (χ3n) is 4.63. The van der Waals surface area contributed by atoms with Crippen molar-refractivity contribution in [1.82, 2.24) is 20.1 Å². The molecule has 1 aliphatic rings. The molecule has 130 valence electrons. The first-order chi connectivity index (χ1) is 11.5. The van der Waals surface area contributed by atoms with E-state index in [0.717, 1.165) is 41.7 Å². The number of aryl methyl sites for hydroxylation is 1. The van der Waals surface area contributed by atoms with Gasteiger partial charge in [0.2, 0.25) is 0 Å². The molecule has 6 heteroatoms. The zero-order chi connectivity index (χ0) is 17.2. The molecule has 1 N–H and O–H groups in total. The molecule has 0 amide bonds. The van der Waals surface area contributed by atoms with Crippen LogP contribution in [0.2, 0.25) is 0 Å². The summed E-state index contributed by atoms with van der Waals surface area (Å²) in [7, 11) is 3.34. The second-order valence-corrected chi connectivity index (χ2v) is 6.70. The normalized spacial score (nSPS) is 14.3. The third kappa shape index (κ3) is 3.24. The fourth-order valence-electron chi connectivity index (χ4n) is 3.16. The zero-order valence-electron chi connectivity index (χ0n) is 14.9. The first-order valence-electron chi connectivity index (χ1n) is 8.43. The Morgan fingerprint density at radius 2 is 2.00 bits per heavy atom. The Labute approximate surface area is 143 Å². The van der Waals surface area contributed by atoms with Crippen LogP contribution in [0.25, 0.3) is 0 Å². The van der Waals surface area contributed by atoms with Crippen molar-refractivity contribution in [3.8, 4) is 11.5 Å². The standard InChI is InChI=1S/C18H26N4O2/c1-18(2,17-21-20-16-7-5-6-10-22(16)17)19-12-13-8-9-14(23-3)11-15(13)24-4/h8-9,11,19H,5-7,10,12H2,1-4H3. The highest BCUT2D eigenvalue weighted by Gasteiger charge is 2.29. The number of aromatic nitrogens is 3. The smallest absolute Gasteiger partial charge is 0.152 e. The molecule has 0 unspecified atom stereocenters. The number of hydrogen-bond donors (Lipinski definition) is 1. The van der Waals surface area contributed by atoms with Crippen LogP contribution in [-0.2, 0) is 25.0 Å². The van der Waals surface area contributed by atoms with Gasteiger partial charge in [-0.2, -0.15) is 0 Å². The van der Waals surface area contributed by atoms with Crippen LogP contribution in [0, 0.1) is 0 Å². The van der Waals surface area contributed by atoms with Gasteiger partial charge in [0, 0.05) is 31.1 Å². The zero-order valence-corrected chi connectivity index (χ0v) is 14.9. The predicted molar refractivity (Wildman–Crippen MR) is 92.4 cm³/mol. The minimum absolute atomic E-state index is 0.270. The van der Waals surface area contributed by atoms with Gasteiger partial charge in [0.05, 0.1) is 19.8 Å². The summed E-state index contributed by atoms with van der Waals surface area (Å²) in [5.41, 5.74) is 0.817. The van der Waals surface area contributed by atoms with Gasteiger partial charge in [-0.3, -0.25) is 0 Å². The highest BCUT2D eigenvalue weighted by molar-refractivity contribution is 5.40. The van der Waals surface area contributed by atoms with Crippen molar-refractivity contribution in [3.05, 3.63) is 35.4 Å². The maximum atomic E-state index is 5.48. The molecule has 0 radical (unpaired) electrons. The van der Waals surface area contributed by atoms with E-state index in [9.17, 15) is 0 Å². The average Bonchev–Trinajstić information content (AvgIpc) is 3.05. The Kier molecular flexibility index (Phi) is 4.76. The lowest BCUT2D eigenvalue weighted by Gasteiger charge is -2.28. The van der Waals surface area contributed by atoms with Crippen LogP contribution in [0.5, 0.6) is 11.5 Å². The van der Waals surface area contributed by atoms with Crippen LogP contribution in [0.3, 0.4) is 0 Å². The van der Waals surface area contributed by atoms with Crippen molar-refractivity contribution in [3.63, 3.8) is 0 Å². The van der Waals surface area contributed by atoms with Gasteiger partial charge in [-0.1, -0.05) is 6.07 Å². The van der Waals surface area contributed by atoms with E-state index in [0.29, 0.717) is 6.54 Å². The number of nitrogens with zero attached hydrogens (tertiary/aromatic N) is 3. The molecule has 0 spiro atoms. The minimum atomic E-state index is -0.270. The van der Waals surface area contributed by atoms with Crippen LogP contribution in [0.1, 0.15) is 43.9 Å². The fraction of sp³-hybridized carbons (Fsp3) is 0.556. The van der Waals surface area contributed by atoms with Crippen LogP contribution in [0.4, 0.5) is 0 Å². The van der Waals surface area contributed by atoms with E-state index in [1.54, 1.807) is 14.2 Å². The van der Waals surface area contributed by atoms with Gasteiger partial charge in [-0.05, 0) is 32.8 Å². The Balaban J connectivity index is 1.77. The van der Waals surface area contributed by atoms with Crippen molar-refractivity contribution < 1.29 is 9.47 Å². The van der Waals surface area contributed by atoms with Crippen molar-refractivity contribution in [2.75, 3.05) is 14.2 Å². The maximum absolute atomic E-state index is 5.48. The Bertz CT molecular complexity index is 709. The monoisotopic (exact) mass is 330 g/mol. The summed E-state index contributed by atoms with van der Waals surface area (Å²) in [6.07, 6.45) is 3.42. The minimum Gasteiger partial charge on any atom is -0.497 e. The van der Waals surface area contributed by atoms with E-state index in [1.807, 2.05) is 18.2 Å². The molecule has 3 rings (SSSR count). The fourth-order valence-corrected chi connectivity index (χ4v) is 3.16. The molecule has 0 bridgehead atoms. The molecule has 0 fully saturated rings. The van der Waals surface area contributed by atoms with Crippen LogP contribution in [0.15, 0.2) is 18.2 Å². The number of hydrogen-bond acceptors (Lipinski definition) is 5. The molecular formula is C18H26N4O2. The molecule has 2 heterocycles. The first kappa shape index (κ1) is 16.8.